The molecule has 0 radical (unpaired) electrons. The van der Waals surface area contributed by atoms with Crippen molar-refractivity contribution in [2.75, 3.05) is 0 Å². The van der Waals surface area contributed by atoms with Gasteiger partial charge < -0.3 is 5.11 Å². The first-order chi connectivity index (χ1) is 10.6. The number of hydrogen-bond acceptors (Lipinski definition) is 3. The van der Waals surface area contributed by atoms with Crippen LogP contribution < -0.4 is 10.9 Å². The summed E-state index contributed by atoms with van der Waals surface area (Å²) in [6, 6.07) is 13.3. The topological polar surface area (TPSA) is 78.4 Å². The minimum absolute atomic E-state index is 0.0279. The molecule has 2 aromatic rings. The second kappa shape index (κ2) is 7.28. The summed E-state index contributed by atoms with van der Waals surface area (Å²) in [7, 11) is 0. The van der Waals surface area contributed by atoms with Crippen LogP contribution in [0.1, 0.15) is 15.9 Å². The van der Waals surface area contributed by atoms with Gasteiger partial charge in [-0.05, 0) is 29.8 Å². The Labute approximate surface area is 132 Å². The molecule has 2 amide bonds. The molecular formula is C16H13ClN2O3. The standard InChI is InChI=1S/C16H13ClN2O3/c17-12-7-8-14(20)13(10-12)16(22)19-18-15(21)9-6-11-4-2-1-3-5-11/h1-10,20H,(H,18,21)(H,19,22). The first kappa shape index (κ1) is 15.6. The highest BCUT2D eigenvalue weighted by atomic mass is 35.5. The number of hydrazine groups is 1. The Morgan fingerprint density at radius 3 is 2.50 bits per heavy atom. The average Bonchev–Trinajstić information content (AvgIpc) is 2.54. The molecule has 0 aliphatic carbocycles. The molecule has 0 aliphatic rings. The molecule has 0 fully saturated rings. The van der Waals surface area contributed by atoms with Crippen LogP contribution in [0.25, 0.3) is 6.08 Å². The van der Waals surface area contributed by atoms with Crippen molar-refractivity contribution in [1.82, 2.24) is 10.9 Å². The number of rotatable bonds is 3. The number of amides is 2. The van der Waals surface area contributed by atoms with Crippen molar-refractivity contribution in [3.05, 3.63) is 70.8 Å². The Bertz CT molecular complexity index is 715. The zero-order valence-corrected chi connectivity index (χ0v) is 12.2. The molecule has 0 unspecified atom stereocenters. The van der Waals surface area contributed by atoms with Crippen LogP contribution >= 0.6 is 11.6 Å². The molecule has 2 rings (SSSR count). The van der Waals surface area contributed by atoms with Crippen LogP contribution in [0.4, 0.5) is 0 Å². The number of carbonyl (C=O) groups excluding carboxylic acids is 2. The van der Waals surface area contributed by atoms with Gasteiger partial charge in [0, 0.05) is 11.1 Å². The first-order valence-electron chi connectivity index (χ1n) is 6.38. The molecule has 3 N–H and O–H groups in total. The van der Waals surface area contributed by atoms with Crippen LogP contribution in [0.5, 0.6) is 5.75 Å². The second-order valence-corrected chi connectivity index (χ2v) is 4.79. The maximum absolute atomic E-state index is 11.8. The smallest absolute Gasteiger partial charge is 0.273 e. The number of hydrogen-bond donors (Lipinski definition) is 3. The van der Waals surface area contributed by atoms with Crippen molar-refractivity contribution in [3.8, 4) is 5.75 Å². The van der Waals surface area contributed by atoms with Gasteiger partial charge in [0.2, 0.25) is 0 Å². The van der Waals surface area contributed by atoms with Crippen LogP contribution in [0.15, 0.2) is 54.6 Å². The van der Waals surface area contributed by atoms with E-state index >= 15 is 0 Å². The van der Waals surface area contributed by atoms with Gasteiger partial charge in [-0.2, -0.15) is 0 Å². The second-order valence-electron chi connectivity index (χ2n) is 4.35. The van der Waals surface area contributed by atoms with Gasteiger partial charge in [-0.1, -0.05) is 41.9 Å². The molecule has 0 saturated carbocycles. The predicted molar refractivity (Wildman–Crippen MR) is 84.2 cm³/mol. The van der Waals surface area contributed by atoms with Gasteiger partial charge in [0.15, 0.2) is 0 Å². The van der Waals surface area contributed by atoms with E-state index in [0.29, 0.717) is 5.02 Å². The number of phenolic OH excluding ortho intramolecular Hbond substituents is 1. The fraction of sp³-hybridized carbons (Fsp3) is 0. The van der Waals surface area contributed by atoms with Crippen molar-refractivity contribution in [2.24, 2.45) is 0 Å². The molecule has 0 aromatic heterocycles. The van der Waals surface area contributed by atoms with Gasteiger partial charge in [0.1, 0.15) is 5.75 Å². The van der Waals surface area contributed by atoms with E-state index in [4.69, 9.17) is 11.6 Å². The van der Waals surface area contributed by atoms with E-state index in [1.807, 2.05) is 30.3 Å². The molecule has 0 aliphatic heterocycles. The summed E-state index contributed by atoms with van der Waals surface area (Å²) in [5.74, 6) is -1.39. The normalized spacial score (nSPS) is 10.4. The van der Waals surface area contributed by atoms with Gasteiger partial charge in [-0.25, -0.2) is 0 Å². The Kier molecular flexibility index (Phi) is 5.16. The molecule has 6 heteroatoms. The summed E-state index contributed by atoms with van der Waals surface area (Å²) < 4.78 is 0. The molecule has 5 nitrogen and oxygen atoms in total. The molecule has 0 heterocycles. The number of carbonyl (C=O) groups is 2. The van der Waals surface area contributed by atoms with E-state index in [1.165, 1.54) is 24.3 Å². The van der Waals surface area contributed by atoms with Crippen LogP contribution in [0, 0.1) is 0 Å². The van der Waals surface area contributed by atoms with Gasteiger partial charge in [-0.15, -0.1) is 0 Å². The van der Waals surface area contributed by atoms with Crippen molar-refractivity contribution in [2.45, 2.75) is 0 Å². The number of aromatic hydroxyl groups is 1. The third kappa shape index (κ3) is 4.36. The molecule has 2 aromatic carbocycles. The highest BCUT2D eigenvalue weighted by Gasteiger charge is 2.11. The van der Waals surface area contributed by atoms with E-state index in [-0.39, 0.29) is 11.3 Å². The number of halogens is 1. The van der Waals surface area contributed by atoms with E-state index in [9.17, 15) is 14.7 Å². The number of nitrogens with one attached hydrogen (secondary N) is 2. The predicted octanol–water partition coefficient (Wildman–Crippen LogP) is 2.52. The van der Waals surface area contributed by atoms with Gasteiger partial charge in [0.25, 0.3) is 11.8 Å². The fourth-order valence-electron chi connectivity index (χ4n) is 1.65. The lowest BCUT2D eigenvalue weighted by Gasteiger charge is -2.07. The highest BCUT2D eigenvalue weighted by molar-refractivity contribution is 6.31. The van der Waals surface area contributed by atoms with Crippen LogP contribution in [-0.2, 0) is 4.79 Å². The van der Waals surface area contributed by atoms with Crippen LogP contribution in [0.2, 0.25) is 5.02 Å². The maximum atomic E-state index is 11.8. The third-order valence-corrected chi connectivity index (χ3v) is 2.96. The van der Waals surface area contributed by atoms with Crippen molar-refractivity contribution < 1.29 is 14.7 Å². The Morgan fingerprint density at radius 1 is 1.05 bits per heavy atom. The molecule has 22 heavy (non-hydrogen) atoms. The zero-order valence-electron chi connectivity index (χ0n) is 11.4. The summed E-state index contributed by atoms with van der Waals surface area (Å²) in [6.07, 6.45) is 2.89. The summed E-state index contributed by atoms with van der Waals surface area (Å²) >= 11 is 5.75. The van der Waals surface area contributed by atoms with Crippen molar-refractivity contribution in [1.29, 1.82) is 0 Å². The molecule has 0 spiro atoms. The Hall–Kier alpha value is -2.79. The van der Waals surface area contributed by atoms with E-state index < -0.39 is 11.8 Å². The van der Waals surface area contributed by atoms with E-state index in [2.05, 4.69) is 10.9 Å². The summed E-state index contributed by atoms with van der Waals surface area (Å²) in [5, 5.41) is 9.88. The van der Waals surface area contributed by atoms with Crippen molar-refractivity contribution >= 4 is 29.5 Å². The highest BCUT2D eigenvalue weighted by Crippen LogP contribution is 2.20. The average molecular weight is 317 g/mol. The number of benzene rings is 2. The SMILES string of the molecule is O=C(C=Cc1ccccc1)NNC(=O)c1cc(Cl)ccc1O. The van der Waals surface area contributed by atoms with Gasteiger partial charge in [0.05, 0.1) is 5.56 Å². The minimum Gasteiger partial charge on any atom is -0.507 e. The summed E-state index contributed by atoms with van der Waals surface area (Å²) in [5.41, 5.74) is 5.24. The van der Waals surface area contributed by atoms with Gasteiger partial charge >= 0.3 is 0 Å². The quantitative estimate of drug-likeness (QED) is 0.601. The zero-order chi connectivity index (χ0) is 15.9. The monoisotopic (exact) mass is 316 g/mol. The van der Waals surface area contributed by atoms with Crippen LogP contribution in [-0.4, -0.2) is 16.9 Å². The molecule has 0 bridgehead atoms. The molecular weight excluding hydrogens is 304 g/mol. The molecule has 0 atom stereocenters. The van der Waals surface area contributed by atoms with Crippen LogP contribution in [0.3, 0.4) is 0 Å². The largest absolute Gasteiger partial charge is 0.507 e. The summed E-state index contributed by atoms with van der Waals surface area (Å²) in [6.45, 7) is 0. The van der Waals surface area contributed by atoms with E-state index in [0.717, 1.165) is 5.56 Å². The lowest BCUT2D eigenvalue weighted by Crippen LogP contribution is -2.40. The Morgan fingerprint density at radius 2 is 1.77 bits per heavy atom. The third-order valence-electron chi connectivity index (χ3n) is 2.73. The lowest BCUT2D eigenvalue weighted by molar-refractivity contribution is -0.117. The summed E-state index contributed by atoms with van der Waals surface area (Å²) in [4.78, 5) is 23.4. The maximum Gasteiger partial charge on any atom is 0.273 e. The van der Waals surface area contributed by atoms with Gasteiger partial charge in [-0.3, -0.25) is 20.4 Å². The minimum atomic E-state index is -0.665. The lowest BCUT2D eigenvalue weighted by atomic mass is 10.2. The fourth-order valence-corrected chi connectivity index (χ4v) is 1.83. The Balaban J connectivity index is 1.92. The molecule has 0 saturated heterocycles. The van der Waals surface area contributed by atoms with E-state index in [1.54, 1.807) is 6.08 Å². The number of phenols is 1. The molecule has 112 valence electrons. The van der Waals surface area contributed by atoms with Crippen molar-refractivity contribution in [3.63, 3.8) is 0 Å². The first-order valence-corrected chi connectivity index (χ1v) is 6.76.